The fraction of sp³-hybridized carbons (Fsp3) is 0.150. The van der Waals surface area contributed by atoms with E-state index >= 15 is 0 Å². The summed E-state index contributed by atoms with van der Waals surface area (Å²) >= 11 is 6.12. The zero-order chi connectivity index (χ0) is 20.5. The molecule has 1 aromatic heterocycles. The van der Waals surface area contributed by atoms with Gasteiger partial charge in [-0.2, -0.15) is 5.10 Å². The van der Waals surface area contributed by atoms with Crippen LogP contribution in [-0.4, -0.2) is 21.6 Å². The lowest BCUT2D eigenvalue weighted by molar-refractivity contribution is 0.0906. The van der Waals surface area contributed by atoms with Crippen molar-refractivity contribution >= 4 is 23.4 Å². The normalized spacial score (nSPS) is 11.3. The molecule has 8 heteroatoms. The average Bonchev–Trinajstić information content (AvgIpc) is 3.07. The summed E-state index contributed by atoms with van der Waals surface area (Å²) in [4.78, 5) is 24.6. The predicted molar refractivity (Wildman–Crippen MR) is 104 cm³/mol. The fourth-order valence-electron chi connectivity index (χ4n) is 2.85. The average molecular weight is 401 g/mol. The summed E-state index contributed by atoms with van der Waals surface area (Å²) in [5.74, 6) is -1.71. The van der Waals surface area contributed by atoms with Crippen LogP contribution in [0.2, 0.25) is 5.02 Å². The van der Waals surface area contributed by atoms with Crippen molar-refractivity contribution < 1.29 is 14.0 Å². The topological polar surface area (TPSA) is 90.0 Å². The third-order valence-electron chi connectivity index (χ3n) is 4.23. The van der Waals surface area contributed by atoms with Crippen molar-refractivity contribution in [1.29, 1.82) is 0 Å². The number of benzene rings is 2. The number of primary amides is 1. The van der Waals surface area contributed by atoms with E-state index in [0.29, 0.717) is 11.3 Å². The molecule has 0 aliphatic rings. The molecular formula is C20H18ClFN4O2. The number of para-hydroxylation sites is 1. The molecule has 0 saturated heterocycles. The Morgan fingerprint density at radius 2 is 1.82 bits per heavy atom. The number of aromatic nitrogens is 2. The van der Waals surface area contributed by atoms with E-state index in [4.69, 9.17) is 17.3 Å². The number of nitrogens with zero attached hydrogens (tertiary/aromatic N) is 2. The molecule has 0 saturated carbocycles. The van der Waals surface area contributed by atoms with Gasteiger partial charge in [-0.15, -0.1) is 0 Å². The first-order valence-corrected chi connectivity index (χ1v) is 8.80. The lowest BCUT2D eigenvalue weighted by atomic mass is 9.94. The summed E-state index contributed by atoms with van der Waals surface area (Å²) in [5, 5.41) is 7.23. The zero-order valence-electron chi connectivity index (χ0n) is 15.2. The maximum absolute atomic E-state index is 13.3. The summed E-state index contributed by atoms with van der Waals surface area (Å²) < 4.78 is 14.6. The molecule has 3 aromatic rings. The number of hydrogen-bond acceptors (Lipinski definition) is 3. The van der Waals surface area contributed by atoms with Crippen LogP contribution in [0.3, 0.4) is 0 Å². The number of amides is 2. The fourth-order valence-corrected chi connectivity index (χ4v) is 3.25. The van der Waals surface area contributed by atoms with Crippen molar-refractivity contribution in [3.63, 3.8) is 0 Å². The lowest BCUT2D eigenvalue weighted by Crippen LogP contribution is -2.41. The van der Waals surface area contributed by atoms with Crippen LogP contribution < -0.4 is 11.1 Å². The Hall–Kier alpha value is -3.19. The number of nitrogens with two attached hydrogens (primary N) is 1. The third kappa shape index (κ3) is 3.89. The first kappa shape index (κ1) is 19.6. The molecule has 0 unspecified atom stereocenters. The van der Waals surface area contributed by atoms with Crippen LogP contribution in [0.5, 0.6) is 0 Å². The molecule has 28 heavy (non-hydrogen) atoms. The van der Waals surface area contributed by atoms with Crippen LogP contribution in [0.15, 0.2) is 54.6 Å². The monoisotopic (exact) mass is 400 g/mol. The van der Waals surface area contributed by atoms with Gasteiger partial charge >= 0.3 is 0 Å². The summed E-state index contributed by atoms with van der Waals surface area (Å²) in [7, 11) is 0. The second-order valence-corrected chi connectivity index (χ2v) is 7.14. The van der Waals surface area contributed by atoms with E-state index in [0.717, 1.165) is 0 Å². The molecule has 0 aliphatic carbocycles. The Balaban J connectivity index is 1.93. The second-order valence-electron chi connectivity index (χ2n) is 6.73. The highest BCUT2D eigenvalue weighted by molar-refractivity contribution is 6.31. The van der Waals surface area contributed by atoms with Gasteiger partial charge in [-0.25, -0.2) is 9.07 Å². The van der Waals surface area contributed by atoms with E-state index in [1.807, 2.05) is 6.07 Å². The Kier molecular flexibility index (Phi) is 5.20. The SMILES string of the molecule is CC(C)(NC(=O)c1cc(C(N)=O)n(-c2ccccc2)n1)c1ccc(F)cc1Cl. The maximum Gasteiger partial charge on any atom is 0.272 e. The van der Waals surface area contributed by atoms with Gasteiger partial charge in [0.2, 0.25) is 0 Å². The minimum absolute atomic E-state index is 0.0176. The van der Waals surface area contributed by atoms with Crippen molar-refractivity contribution in [1.82, 2.24) is 15.1 Å². The van der Waals surface area contributed by atoms with Crippen molar-refractivity contribution in [2.75, 3.05) is 0 Å². The Bertz CT molecular complexity index is 1050. The minimum atomic E-state index is -0.911. The van der Waals surface area contributed by atoms with Crippen LogP contribution in [0.1, 0.15) is 40.4 Å². The summed E-state index contributed by atoms with van der Waals surface area (Å²) in [6.07, 6.45) is 0. The molecule has 6 nitrogen and oxygen atoms in total. The zero-order valence-corrected chi connectivity index (χ0v) is 16.0. The first-order valence-electron chi connectivity index (χ1n) is 8.42. The van der Waals surface area contributed by atoms with E-state index in [-0.39, 0.29) is 16.4 Å². The quantitative estimate of drug-likeness (QED) is 0.687. The smallest absolute Gasteiger partial charge is 0.272 e. The van der Waals surface area contributed by atoms with Crippen molar-refractivity contribution in [2.45, 2.75) is 19.4 Å². The molecule has 0 radical (unpaired) electrons. The van der Waals surface area contributed by atoms with Gasteiger partial charge in [0.05, 0.1) is 11.2 Å². The Morgan fingerprint density at radius 1 is 1.14 bits per heavy atom. The molecule has 2 aromatic carbocycles. The van der Waals surface area contributed by atoms with Gasteiger partial charge in [0.1, 0.15) is 11.5 Å². The van der Waals surface area contributed by atoms with Crippen LogP contribution in [-0.2, 0) is 5.54 Å². The van der Waals surface area contributed by atoms with Gasteiger partial charge < -0.3 is 11.1 Å². The van der Waals surface area contributed by atoms with Crippen LogP contribution in [0, 0.1) is 5.82 Å². The summed E-state index contributed by atoms with van der Waals surface area (Å²) in [6.45, 7) is 3.46. The first-order chi connectivity index (χ1) is 13.2. The molecule has 2 amide bonds. The van der Waals surface area contributed by atoms with Crippen LogP contribution >= 0.6 is 11.6 Å². The summed E-state index contributed by atoms with van der Waals surface area (Å²) in [6, 6.07) is 14.1. The standard InChI is InChI=1S/C20H18ClFN4O2/c1-20(2,14-9-8-12(22)10-15(14)21)24-19(28)16-11-17(18(23)27)26(25-16)13-6-4-3-5-7-13/h3-11H,1-2H3,(H2,23,27)(H,24,28). The number of hydrogen-bond donors (Lipinski definition) is 2. The highest BCUT2D eigenvalue weighted by Gasteiger charge is 2.28. The molecular weight excluding hydrogens is 383 g/mol. The third-order valence-corrected chi connectivity index (χ3v) is 4.54. The molecule has 144 valence electrons. The molecule has 0 spiro atoms. The van der Waals surface area contributed by atoms with Crippen molar-refractivity contribution in [3.05, 3.63) is 82.4 Å². The highest BCUT2D eigenvalue weighted by atomic mass is 35.5. The summed E-state index contributed by atoms with van der Waals surface area (Å²) in [5.41, 5.74) is 5.75. The Morgan fingerprint density at radius 3 is 2.43 bits per heavy atom. The van der Waals surface area contributed by atoms with Gasteiger partial charge in [-0.3, -0.25) is 9.59 Å². The molecule has 3 rings (SSSR count). The second kappa shape index (κ2) is 7.44. The van der Waals surface area contributed by atoms with E-state index in [1.54, 1.807) is 38.1 Å². The van der Waals surface area contributed by atoms with Gasteiger partial charge in [-0.05, 0) is 43.7 Å². The van der Waals surface area contributed by atoms with E-state index < -0.39 is 23.2 Å². The van der Waals surface area contributed by atoms with E-state index in [9.17, 15) is 14.0 Å². The van der Waals surface area contributed by atoms with Crippen molar-refractivity contribution in [3.8, 4) is 5.69 Å². The lowest BCUT2D eigenvalue weighted by Gasteiger charge is -2.27. The molecule has 0 bridgehead atoms. The van der Waals surface area contributed by atoms with Crippen LogP contribution in [0.4, 0.5) is 4.39 Å². The van der Waals surface area contributed by atoms with E-state index in [2.05, 4.69) is 10.4 Å². The van der Waals surface area contributed by atoms with Gasteiger partial charge in [0.15, 0.2) is 5.69 Å². The van der Waals surface area contributed by atoms with Crippen LogP contribution in [0.25, 0.3) is 5.69 Å². The molecule has 0 fully saturated rings. The number of nitrogens with one attached hydrogen (secondary N) is 1. The number of carbonyl (C=O) groups is 2. The number of halogens is 2. The van der Waals surface area contributed by atoms with Gasteiger partial charge in [0, 0.05) is 11.1 Å². The van der Waals surface area contributed by atoms with Gasteiger partial charge in [-0.1, -0.05) is 35.9 Å². The Labute approximate surface area is 166 Å². The minimum Gasteiger partial charge on any atom is -0.364 e. The molecule has 3 N–H and O–H groups in total. The largest absolute Gasteiger partial charge is 0.364 e. The molecule has 0 aliphatic heterocycles. The maximum atomic E-state index is 13.3. The van der Waals surface area contributed by atoms with Crippen molar-refractivity contribution in [2.24, 2.45) is 5.73 Å². The van der Waals surface area contributed by atoms with E-state index in [1.165, 1.54) is 28.9 Å². The number of carbonyl (C=O) groups excluding carboxylic acids is 2. The molecule has 1 heterocycles. The highest BCUT2D eigenvalue weighted by Crippen LogP contribution is 2.28. The molecule has 0 atom stereocenters. The predicted octanol–water partition coefficient (Wildman–Crippen LogP) is 3.43. The van der Waals surface area contributed by atoms with Gasteiger partial charge in [0.25, 0.3) is 11.8 Å². The number of rotatable bonds is 5.